The lowest BCUT2D eigenvalue weighted by Gasteiger charge is -2.22. The molecule has 1 unspecified atom stereocenters. The second-order valence-corrected chi connectivity index (χ2v) is 5.58. The Labute approximate surface area is 125 Å². The van der Waals surface area contributed by atoms with Crippen molar-refractivity contribution in [1.82, 2.24) is 20.4 Å². The Balaban J connectivity index is 1.65. The summed E-state index contributed by atoms with van der Waals surface area (Å²) in [5.74, 6) is 1.41. The third-order valence-corrected chi connectivity index (χ3v) is 4.11. The number of aromatic nitrogens is 3. The van der Waals surface area contributed by atoms with E-state index < -0.39 is 0 Å². The van der Waals surface area contributed by atoms with Crippen molar-refractivity contribution in [3.05, 3.63) is 29.9 Å². The van der Waals surface area contributed by atoms with Gasteiger partial charge in [-0.1, -0.05) is 18.5 Å². The van der Waals surface area contributed by atoms with E-state index in [1.54, 1.807) is 6.20 Å². The molecule has 21 heavy (non-hydrogen) atoms. The molecule has 5 heteroatoms. The summed E-state index contributed by atoms with van der Waals surface area (Å²) in [7, 11) is 0. The van der Waals surface area contributed by atoms with Gasteiger partial charge < -0.3 is 9.84 Å². The average Bonchev–Trinajstić information content (AvgIpc) is 3.02. The molecule has 1 aliphatic heterocycles. The van der Waals surface area contributed by atoms with Gasteiger partial charge in [-0.15, -0.1) is 0 Å². The maximum absolute atomic E-state index is 5.40. The first kappa shape index (κ1) is 14.2. The minimum absolute atomic E-state index is 0.598. The van der Waals surface area contributed by atoms with Gasteiger partial charge in [-0.3, -0.25) is 4.98 Å². The van der Waals surface area contributed by atoms with Gasteiger partial charge in [0.05, 0.1) is 0 Å². The van der Waals surface area contributed by atoms with Gasteiger partial charge in [-0.25, -0.2) is 0 Å². The van der Waals surface area contributed by atoms with E-state index in [4.69, 9.17) is 4.52 Å². The lowest BCUT2D eigenvalue weighted by molar-refractivity contribution is 0.342. The summed E-state index contributed by atoms with van der Waals surface area (Å²) in [5.41, 5.74) is 2.18. The highest BCUT2D eigenvalue weighted by molar-refractivity contribution is 5.58. The Morgan fingerprint density at radius 3 is 3.14 bits per heavy atom. The number of piperidine rings is 1. The predicted molar refractivity (Wildman–Crippen MR) is 80.9 cm³/mol. The standard InChI is InChI=1S/C16H22N4O/c1-2-12-11-17-10-8-14(12)16-19-15(21-20-16)7-6-13-5-3-4-9-18-13/h8,10-11,13,18H,2-7,9H2,1H3. The second-order valence-electron chi connectivity index (χ2n) is 5.58. The molecule has 1 N–H and O–H groups in total. The van der Waals surface area contributed by atoms with Gasteiger partial charge in [0.2, 0.25) is 11.7 Å². The van der Waals surface area contributed by atoms with Crippen molar-refractivity contribution in [1.29, 1.82) is 0 Å². The van der Waals surface area contributed by atoms with Crippen LogP contribution in [0.2, 0.25) is 0 Å². The molecule has 3 heterocycles. The second kappa shape index (κ2) is 6.80. The van der Waals surface area contributed by atoms with E-state index in [1.807, 2.05) is 12.3 Å². The minimum Gasteiger partial charge on any atom is -0.339 e. The Morgan fingerprint density at radius 1 is 1.38 bits per heavy atom. The zero-order valence-electron chi connectivity index (χ0n) is 12.5. The van der Waals surface area contributed by atoms with Crippen molar-refractivity contribution in [2.75, 3.05) is 6.54 Å². The SMILES string of the molecule is CCc1cnccc1-c1noc(CCC2CCCCN2)n1. The largest absolute Gasteiger partial charge is 0.339 e. The first-order chi connectivity index (χ1) is 10.4. The lowest BCUT2D eigenvalue weighted by Crippen LogP contribution is -2.34. The van der Waals surface area contributed by atoms with Gasteiger partial charge in [-0.2, -0.15) is 4.98 Å². The van der Waals surface area contributed by atoms with E-state index in [0.29, 0.717) is 11.9 Å². The minimum atomic E-state index is 0.598. The first-order valence-corrected chi connectivity index (χ1v) is 7.86. The van der Waals surface area contributed by atoms with Crippen molar-refractivity contribution in [3.8, 4) is 11.4 Å². The highest BCUT2D eigenvalue weighted by Gasteiger charge is 2.16. The molecular weight excluding hydrogens is 264 g/mol. The molecule has 0 amide bonds. The number of nitrogens with one attached hydrogen (secondary N) is 1. The van der Waals surface area contributed by atoms with E-state index in [1.165, 1.54) is 19.3 Å². The van der Waals surface area contributed by atoms with Crippen LogP contribution in [0.5, 0.6) is 0 Å². The molecule has 1 aliphatic rings. The van der Waals surface area contributed by atoms with Crippen LogP contribution in [0.4, 0.5) is 0 Å². The smallest absolute Gasteiger partial charge is 0.227 e. The lowest BCUT2D eigenvalue weighted by atomic mass is 10.0. The molecule has 0 radical (unpaired) electrons. The van der Waals surface area contributed by atoms with Crippen molar-refractivity contribution in [2.45, 2.75) is 51.5 Å². The molecule has 112 valence electrons. The summed E-state index contributed by atoms with van der Waals surface area (Å²) in [6.07, 6.45) is 10.3. The zero-order chi connectivity index (χ0) is 14.5. The Kier molecular flexibility index (Phi) is 4.60. The Bertz CT molecular complexity index is 575. The summed E-state index contributed by atoms with van der Waals surface area (Å²) in [6.45, 7) is 3.24. The topological polar surface area (TPSA) is 63.8 Å². The third-order valence-electron chi connectivity index (χ3n) is 4.11. The van der Waals surface area contributed by atoms with Crippen LogP contribution in [0, 0.1) is 0 Å². The quantitative estimate of drug-likeness (QED) is 0.915. The van der Waals surface area contributed by atoms with Crippen LogP contribution < -0.4 is 5.32 Å². The van der Waals surface area contributed by atoms with Crippen molar-refractivity contribution >= 4 is 0 Å². The van der Waals surface area contributed by atoms with Gasteiger partial charge in [0.25, 0.3) is 0 Å². The number of hydrogen-bond acceptors (Lipinski definition) is 5. The molecule has 5 nitrogen and oxygen atoms in total. The fourth-order valence-corrected chi connectivity index (χ4v) is 2.86. The van der Waals surface area contributed by atoms with Crippen LogP contribution >= 0.6 is 0 Å². The number of rotatable bonds is 5. The van der Waals surface area contributed by atoms with Crippen LogP contribution in [-0.4, -0.2) is 27.7 Å². The van der Waals surface area contributed by atoms with E-state index in [-0.39, 0.29) is 0 Å². The first-order valence-electron chi connectivity index (χ1n) is 7.86. The van der Waals surface area contributed by atoms with E-state index >= 15 is 0 Å². The number of hydrogen-bond donors (Lipinski definition) is 1. The van der Waals surface area contributed by atoms with Crippen LogP contribution in [0.3, 0.4) is 0 Å². The van der Waals surface area contributed by atoms with Crippen LogP contribution in [0.25, 0.3) is 11.4 Å². The van der Waals surface area contributed by atoms with Crippen molar-refractivity contribution in [3.63, 3.8) is 0 Å². The molecule has 2 aromatic rings. The number of nitrogens with zero attached hydrogens (tertiary/aromatic N) is 3. The summed E-state index contributed by atoms with van der Waals surface area (Å²) < 4.78 is 5.40. The monoisotopic (exact) mass is 286 g/mol. The third kappa shape index (κ3) is 3.47. The maximum atomic E-state index is 5.40. The summed E-state index contributed by atoms with van der Waals surface area (Å²) in [5, 5.41) is 7.67. The van der Waals surface area contributed by atoms with Gasteiger partial charge in [0, 0.05) is 30.4 Å². The highest BCUT2D eigenvalue weighted by Crippen LogP contribution is 2.21. The highest BCUT2D eigenvalue weighted by atomic mass is 16.5. The average molecular weight is 286 g/mol. The molecular formula is C16H22N4O. The molecule has 2 aromatic heterocycles. The molecule has 1 atom stereocenters. The van der Waals surface area contributed by atoms with E-state index in [0.717, 1.165) is 42.8 Å². The molecule has 0 aliphatic carbocycles. The molecule has 0 bridgehead atoms. The molecule has 1 saturated heterocycles. The molecule has 1 fully saturated rings. The van der Waals surface area contributed by atoms with Gasteiger partial charge >= 0.3 is 0 Å². The Morgan fingerprint density at radius 2 is 2.33 bits per heavy atom. The summed E-state index contributed by atoms with van der Waals surface area (Å²) in [4.78, 5) is 8.69. The number of aryl methyl sites for hydroxylation is 2. The Hall–Kier alpha value is -1.75. The van der Waals surface area contributed by atoms with Crippen molar-refractivity contribution in [2.24, 2.45) is 0 Å². The number of pyridine rings is 1. The summed E-state index contributed by atoms with van der Waals surface area (Å²) >= 11 is 0. The summed E-state index contributed by atoms with van der Waals surface area (Å²) in [6, 6.07) is 2.55. The van der Waals surface area contributed by atoms with Gasteiger partial charge in [0.15, 0.2) is 0 Å². The molecule has 3 rings (SSSR count). The fourth-order valence-electron chi connectivity index (χ4n) is 2.86. The maximum Gasteiger partial charge on any atom is 0.227 e. The normalized spacial score (nSPS) is 18.8. The van der Waals surface area contributed by atoms with Crippen LogP contribution in [-0.2, 0) is 12.8 Å². The van der Waals surface area contributed by atoms with E-state index in [9.17, 15) is 0 Å². The molecule has 0 saturated carbocycles. The molecule has 0 spiro atoms. The fraction of sp³-hybridized carbons (Fsp3) is 0.562. The van der Waals surface area contributed by atoms with Crippen molar-refractivity contribution < 1.29 is 4.52 Å². The van der Waals surface area contributed by atoms with Gasteiger partial charge in [-0.05, 0) is 43.9 Å². The van der Waals surface area contributed by atoms with Crippen LogP contribution in [0.15, 0.2) is 23.0 Å². The zero-order valence-corrected chi connectivity index (χ0v) is 12.5. The van der Waals surface area contributed by atoms with Crippen LogP contribution in [0.1, 0.15) is 44.1 Å². The molecule has 0 aromatic carbocycles. The van der Waals surface area contributed by atoms with Gasteiger partial charge in [0.1, 0.15) is 0 Å². The van der Waals surface area contributed by atoms with E-state index in [2.05, 4.69) is 27.4 Å². The predicted octanol–water partition coefficient (Wildman–Crippen LogP) is 2.77.